The second-order valence-electron chi connectivity index (χ2n) is 3.19. The molecular formula is C11H15NO3. The number of benzene rings is 1. The molecule has 0 atom stereocenters. The normalized spacial score (nSPS) is 9.80. The summed E-state index contributed by atoms with van der Waals surface area (Å²) in [7, 11) is 1.55. The summed E-state index contributed by atoms with van der Waals surface area (Å²) >= 11 is 0. The Hall–Kier alpha value is -1.55. The van der Waals surface area contributed by atoms with Gasteiger partial charge in [-0.2, -0.15) is 0 Å². The molecule has 4 heteroatoms. The van der Waals surface area contributed by atoms with Gasteiger partial charge in [0.15, 0.2) is 0 Å². The molecule has 1 rings (SSSR count). The maximum Gasteiger partial charge on any atom is 0.221 e. The number of rotatable bonds is 4. The number of hydrogen-bond donors (Lipinski definition) is 2. The highest BCUT2D eigenvalue weighted by Crippen LogP contribution is 2.25. The molecule has 15 heavy (non-hydrogen) atoms. The maximum atomic E-state index is 10.9. The van der Waals surface area contributed by atoms with E-state index in [0.717, 1.165) is 5.56 Å². The van der Waals surface area contributed by atoms with Crippen molar-refractivity contribution in [2.75, 3.05) is 19.0 Å². The number of nitrogens with one attached hydrogen (secondary N) is 1. The van der Waals surface area contributed by atoms with E-state index in [1.54, 1.807) is 19.2 Å². The number of hydrogen-bond acceptors (Lipinski definition) is 3. The summed E-state index contributed by atoms with van der Waals surface area (Å²) in [6.45, 7) is 1.53. The number of amides is 1. The minimum Gasteiger partial charge on any atom is -0.495 e. The molecule has 1 aromatic carbocycles. The molecule has 0 saturated heterocycles. The van der Waals surface area contributed by atoms with Crippen molar-refractivity contribution in [2.24, 2.45) is 0 Å². The molecule has 1 aromatic rings. The van der Waals surface area contributed by atoms with Gasteiger partial charge in [-0.05, 0) is 24.1 Å². The van der Waals surface area contributed by atoms with E-state index >= 15 is 0 Å². The molecule has 0 aliphatic heterocycles. The van der Waals surface area contributed by atoms with Gasteiger partial charge in [0.25, 0.3) is 0 Å². The van der Waals surface area contributed by atoms with Crippen molar-refractivity contribution >= 4 is 11.6 Å². The summed E-state index contributed by atoms with van der Waals surface area (Å²) in [4.78, 5) is 10.9. The molecule has 0 saturated carbocycles. The van der Waals surface area contributed by atoms with Crippen molar-refractivity contribution in [2.45, 2.75) is 13.3 Å². The lowest BCUT2D eigenvalue weighted by Gasteiger charge is -2.10. The van der Waals surface area contributed by atoms with E-state index in [1.807, 2.05) is 6.07 Å². The Balaban J connectivity index is 2.96. The largest absolute Gasteiger partial charge is 0.495 e. The molecule has 0 heterocycles. The maximum absolute atomic E-state index is 10.9. The van der Waals surface area contributed by atoms with Crippen LogP contribution in [0.15, 0.2) is 18.2 Å². The Labute approximate surface area is 88.9 Å². The molecule has 0 unspecified atom stereocenters. The second-order valence-corrected chi connectivity index (χ2v) is 3.19. The molecule has 0 spiro atoms. The van der Waals surface area contributed by atoms with Gasteiger partial charge in [0.2, 0.25) is 5.91 Å². The minimum absolute atomic E-state index is 0.0891. The Morgan fingerprint density at radius 2 is 2.27 bits per heavy atom. The predicted molar refractivity (Wildman–Crippen MR) is 58.1 cm³/mol. The van der Waals surface area contributed by atoms with Gasteiger partial charge in [-0.3, -0.25) is 4.79 Å². The van der Waals surface area contributed by atoms with Gasteiger partial charge in [-0.1, -0.05) is 6.07 Å². The molecular weight excluding hydrogens is 194 g/mol. The monoisotopic (exact) mass is 209 g/mol. The SMILES string of the molecule is COc1ccc(CCO)cc1NC(C)=O. The van der Waals surface area contributed by atoms with Crippen LogP contribution in [-0.4, -0.2) is 24.7 Å². The molecule has 0 aromatic heterocycles. The summed E-state index contributed by atoms with van der Waals surface area (Å²) in [5.74, 6) is 0.473. The van der Waals surface area contributed by atoms with Gasteiger partial charge in [-0.15, -0.1) is 0 Å². The van der Waals surface area contributed by atoms with E-state index < -0.39 is 0 Å². The van der Waals surface area contributed by atoms with E-state index in [1.165, 1.54) is 6.92 Å². The third kappa shape index (κ3) is 3.25. The van der Waals surface area contributed by atoms with Gasteiger partial charge in [-0.25, -0.2) is 0 Å². The van der Waals surface area contributed by atoms with Crippen LogP contribution in [0.4, 0.5) is 5.69 Å². The fraction of sp³-hybridized carbons (Fsp3) is 0.364. The van der Waals surface area contributed by atoms with Gasteiger partial charge in [0.05, 0.1) is 12.8 Å². The molecule has 82 valence electrons. The van der Waals surface area contributed by atoms with E-state index in [2.05, 4.69) is 5.32 Å². The zero-order chi connectivity index (χ0) is 11.3. The van der Waals surface area contributed by atoms with Crippen LogP contribution in [0.5, 0.6) is 5.75 Å². The zero-order valence-electron chi connectivity index (χ0n) is 8.91. The number of carbonyl (C=O) groups excluding carboxylic acids is 1. The Kier molecular flexibility index (Phi) is 4.12. The first-order chi connectivity index (χ1) is 7.17. The van der Waals surface area contributed by atoms with Crippen LogP contribution in [0, 0.1) is 0 Å². The Morgan fingerprint density at radius 3 is 2.80 bits per heavy atom. The van der Waals surface area contributed by atoms with Crippen molar-refractivity contribution in [1.29, 1.82) is 0 Å². The van der Waals surface area contributed by atoms with Gasteiger partial charge < -0.3 is 15.2 Å². The fourth-order valence-corrected chi connectivity index (χ4v) is 1.33. The summed E-state index contributed by atoms with van der Waals surface area (Å²) in [5.41, 5.74) is 1.60. The first-order valence-electron chi connectivity index (χ1n) is 4.72. The number of ether oxygens (including phenoxy) is 1. The van der Waals surface area contributed by atoms with E-state index in [-0.39, 0.29) is 12.5 Å². The molecule has 0 aliphatic carbocycles. The van der Waals surface area contributed by atoms with Crippen molar-refractivity contribution < 1.29 is 14.6 Å². The first-order valence-corrected chi connectivity index (χ1v) is 4.72. The summed E-state index contributed by atoms with van der Waals surface area (Å²) < 4.78 is 5.10. The first kappa shape index (κ1) is 11.5. The van der Waals surface area contributed by atoms with Gasteiger partial charge >= 0.3 is 0 Å². The average molecular weight is 209 g/mol. The quantitative estimate of drug-likeness (QED) is 0.783. The van der Waals surface area contributed by atoms with Crippen LogP contribution >= 0.6 is 0 Å². The van der Waals surface area contributed by atoms with Crippen molar-refractivity contribution in [1.82, 2.24) is 0 Å². The van der Waals surface area contributed by atoms with E-state index in [9.17, 15) is 4.79 Å². The van der Waals surface area contributed by atoms with Crippen LogP contribution in [-0.2, 0) is 11.2 Å². The second kappa shape index (κ2) is 5.36. The van der Waals surface area contributed by atoms with Gasteiger partial charge in [0, 0.05) is 13.5 Å². The molecule has 1 amide bonds. The Bertz CT molecular complexity index is 350. The molecule has 0 bridgehead atoms. The number of methoxy groups -OCH3 is 1. The smallest absolute Gasteiger partial charge is 0.221 e. The highest BCUT2D eigenvalue weighted by atomic mass is 16.5. The van der Waals surface area contributed by atoms with Crippen molar-refractivity contribution in [3.63, 3.8) is 0 Å². The van der Waals surface area contributed by atoms with E-state index in [0.29, 0.717) is 17.9 Å². The fourth-order valence-electron chi connectivity index (χ4n) is 1.33. The van der Waals surface area contributed by atoms with Crippen LogP contribution in [0.25, 0.3) is 0 Å². The number of aliphatic hydroxyl groups is 1. The molecule has 4 nitrogen and oxygen atoms in total. The number of anilines is 1. The lowest BCUT2D eigenvalue weighted by atomic mass is 10.1. The number of carbonyl (C=O) groups is 1. The molecule has 0 fully saturated rings. The molecule has 0 aliphatic rings. The third-order valence-electron chi connectivity index (χ3n) is 1.98. The summed E-state index contributed by atoms with van der Waals surface area (Å²) in [6, 6.07) is 5.44. The standard InChI is InChI=1S/C11H15NO3/c1-8(14)12-10-7-9(5-6-13)3-4-11(10)15-2/h3-4,7,13H,5-6H2,1-2H3,(H,12,14). The highest BCUT2D eigenvalue weighted by molar-refractivity contribution is 5.90. The van der Waals surface area contributed by atoms with Crippen molar-refractivity contribution in [3.05, 3.63) is 23.8 Å². The lowest BCUT2D eigenvalue weighted by molar-refractivity contribution is -0.114. The van der Waals surface area contributed by atoms with Crippen LogP contribution in [0.3, 0.4) is 0 Å². The van der Waals surface area contributed by atoms with Crippen LogP contribution in [0.1, 0.15) is 12.5 Å². The van der Waals surface area contributed by atoms with Gasteiger partial charge in [0.1, 0.15) is 5.75 Å². The van der Waals surface area contributed by atoms with Crippen LogP contribution < -0.4 is 10.1 Å². The topological polar surface area (TPSA) is 58.6 Å². The predicted octanol–water partition coefficient (Wildman–Crippen LogP) is 1.19. The highest BCUT2D eigenvalue weighted by Gasteiger charge is 2.05. The number of aliphatic hydroxyl groups excluding tert-OH is 1. The Morgan fingerprint density at radius 1 is 1.53 bits per heavy atom. The third-order valence-corrected chi connectivity index (χ3v) is 1.98. The van der Waals surface area contributed by atoms with Crippen LogP contribution in [0.2, 0.25) is 0 Å². The molecule has 2 N–H and O–H groups in total. The lowest BCUT2D eigenvalue weighted by Crippen LogP contribution is -2.07. The molecule has 0 radical (unpaired) electrons. The summed E-state index contributed by atoms with van der Waals surface area (Å²) in [5, 5.41) is 11.5. The van der Waals surface area contributed by atoms with E-state index in [4.69, 9.17) is 9.84 Å². The average Bonchev–Trinajstić information content (AvgIpc) is 2.18. The minimum atomic E-state index is -0.144. The zero-order valence-corrected chi connectivity index (χ0v) is 8.91. The summed E-state index contributed by atoms with van der Waals surface area (Å²) in [6.07, 6.45) is 0.566. The van der Waals surface area contributed by atoms with Crippen molar-refractivity contribution in [3.8, 4) is 5.75 Å².